The van der Waals surface area contributed by atoms with Crippen molar-refractivity contribution in [3.8, 4) is 0 Å². The van der Waals surface area contributed by atoms with E-state index < -0.39 is 0 Å². The molecular weight excluding hydrogens is 146 g/mol. The second-order valence-electron chi connectivity index (χ2n) is 2.93. The molecule has 0 aliphatic heterocycles. The molecule has 0 aliphatic rings. The third kappa shape index (κ3) is 2.12. The number of rotatable bonds is 2. The van der Waals surface area contributed by atoms with E-state index in [2.05, 4.69) is 38.1 Å². The molecule has 0 saturated heterocycles. The third-order valence-electron chi connectivity index (χ3n) is 1.81. The maximum Gasteiger partial charge on any atom is 0.0346 e. The number of aryl methyl sites for hydroxylation is 1. The Morgan fingerprint density at radius 2 is 1.92 bits per heavy atom. The maximum atomic E-state index is 5.82. The highest BCUT2D eigenvalue weighted by molar-refractivity contribution is 5.62. The van der Waals surface area contributed by atoms with Crippen LogP contribution >= 0.6 is 0 Å². The van der Waals surface area contributed by atoms with Crippen molar-refractivity contribution in [2.24, 2.45) is 5.73 Å². The largest absolute Gasteiger partial charge is 0.399 e. The molecule has 0 aromatic heterocycles. The highest BCUT2D eigenvalue weighted by atomic mass is 14.6. The van der Waals surface area contributed by atoms with E-state index in [-0.39, 0.29) is 0 Å². The number of benzene rings is 1. The van der Waals surface area contributed by atoms with Crippen LogP contribution in [0.5, 0.6) is 0 Å². The standard InChI is InChI=1S/C11H15N/c1-3-4-11(12)10-7-5-9(2)6-8-10/h4-8H,3,12H2,1-2H3/b11-4+. The van der Waals surface area contributed by atoms with E-state index in [1.807, 2.05) is 6.08 Å². The summed E-state index contributed by atoms with van der Waals surface area (Å²) in [5.41, 5.74) is 9.07. The Kier molecular flexibility index (Phi) is 2.92. The summed E-state index contributed by atoms with van der Waals surface area (Å²) in [4.78, 5) is 0. The van der Waals surface area contributed by atoms with Gasteiger partial charge in [0.15, 0.2) is 0 Å². The molecule has 0 atom stereocenters. The Bertz CT molecular complexity index is 270. The molecule has 0 bridgehead atoms. The van der Waals surface area contributed by atoms with Gasteiger partial charge in [0.25, 0.3) is 0 Å². The molecular formula is C11H15N. The molecule has 1 aromatic rings. The van der Waals surface area contributed by atoms with E-state index >= 15 is 0 Å². The molecule has 0 heterocycles. The molecule has 0 amide bonds. The van der Waals surface area contributed by atoms with Gasteiger partial charge in [-0.2, -0.15) is 0 Å². The predicted octanol–water partition coefficient (Wildman–Crippen LogP) is 2.70. The zero-order valence-corrected chi connectivity index (χ0v) is 7.67. The topological polar surface area (TPSA) is 26.0 Å². The minimum atomic E-state index is 0.873. The van der Waals surface area contributed by atoms with Gasteiger partial charge in [-0.1, -0.05) is 42.8 Å². The van der Waals surface area contributed by atoms with Crippen LogP contribution in [0.4, 0.5) is 0 Å². The molecule has 1 heteroatoms. The van der Waals surface area contributed by atoms with Crippen LogP contribution in [-0.2, 0) is 0 Å². The first kappa shape index (κ1) is 8.85. The van der Waals surface area contributed by atoms with Gasteiger partial charge in [0.2, 0.25) is 0 Å². The minimum absolute atomic E-state index is 0.873. The van der Waals surface area contributed by atoms with Crippen molar-refractivity contribution < 1.29 is 0 Å². The van der Waals surface area contributed by atoms with Gasteiger partial charge < -0.3 is 5.73 Å². The van der Waals surface area contributed by atoms with E-state index in [0.717, 1.165) is 17.7 Å². The quantitative estimate of drug-likeness (QED) is 0.709. The normalized spacial score (nSPS) is 11.7. The van der Waals surface area contributed by atoms with Gasteiger partial charge in [-0.15, -0.1) is 0 Å². The van der Waals surface area contributed by atoms with Gasteiger partial charge in [-0.25, -0.2) is 0 Å². The van der Waals surface area contributed by atoms with Gasteiger partial charge in [0.05, 0.1) is 0 Å². The number of hydrogen-bond acceptors (Lipinski definition) is 1. The zero-order valence-electron chi connectivity index (χ0n) is 7.67. The molecule has 0 fully saturated rings. The van der Waals surface area contributed by atoms with Gasteiger partial charge >= 0.3 is 0 Å². The summed E-state index contributed by atoms with van der Waals surface area (Å²) in [5, 5.41) is 0. The fourth-order valence-corrected chi connectivity index (χ4v) is 1.08. The molecule has 1 nitrogen and oxygen atoms in total. The molecule has 1 rings (SSSR count). The van der Waals surface area contributed by atoms with Gasteiger partial charge in [-0.05, 0) is 18.9 Å². The Balaban J connectivity index is 2.89. The van der Waals surface area contributed by atoms with Crippen molar-refractivity contribution in [1.29, 1.82) is 0 Å². The third-order valence-corrected chi connectivity index (χ3v) is 1.81. The summed E-state index contributed by atoms with van der Waals surface area (Å²) in [6.07, 6.45) is 3.02. The molecule has 64 valence electrons. The summed E-state index contributed by atoms with van der Waals surface area (Å²) in [6, 6.07) is 8.25. The van der Waals surface area contributed by atoms with E-state index in [1.165, 1.54) is 5.56 Å². The van der Waals surface area contributed by atoms with Crippen LogP contribution in [-0.4, -0.2) is 0 Å². The zero-order chi connectivity index (χ0) is 8.97. The SMILES string of the molecule is CC/C=C(/N)c1ccc(C)cc1. The van der Waals surface area contributed by atoms with Crippen LogP contribution in [0.2, 0.25) is 0 Å². The first-order valence-corrected chi connectivity index (χ1v) is 4.26. The summed E-state index contributed by atoms with van der Waals surface area (Å²) in [5.74, 6) is 0. The molecule has 1 aromatic carbocycles. The lowest BCUT2D eigenvalue weighted by Gasteiger charge is -2.00. The summed E-state index contributed by atoms with van der Waals surface area (Å²) in [7, 11) is 0. The second-order valence-corrected chi connectivity index (χ2v) is 2.93. The monoisotopic (exact) mass is 161 g/mol. The fourth-order valence-electron chi connectivity index (χ4n) is 1.08. The maximum absolute atomic E-state index is 5.82. The van der Waals surface area contributed by atoms with E-state index in [4.69, 9.17) is 5.73 Å². The van der Waals surface area contributed by atoms with E-state index in [1.54, 1.807) is 0 Å². The first-order valence-electron chi connectivity index (χ1n) is 4.26. The smallest absolute Gasteiger partial charge is 0.0346 e. The van der Waals surface area contributed by atoms with Crippen LogP contribution < -0.4 is 5.73 Å². The number of allylic oxidation sites excluding steroid dienone is 1. The lowest BCUT2D eigenvalue weighted by atomic mass is 10.1. The molecule has 2 N–H and O–H groups in total. The van der Waals surface area contributed by atoms with Crippen molar-refractivity contribution >= 4 is 5.70 Å². The summed E-state index contributed by atoms with van der Waals surface area (Å²) in [6.45, 7) is 4.16. The van der Waals surface area contributed by atoms with Crippen LogP contribution in [0.15, 0.2) is 30.3 Å². The van der Waals surface area contributed by atoms with Crippen molar-refractivity contribution in [1.82, 2.24) is 0 Å². The van der Waals surface area contributed by atoms with Gasteiger partial charge in [0, 0.05) is 5.70 Å². The number of nitrogens with two attached hydrogens (primary N) is 1. The van der Waals surface area contributed by atoms with E-state index in [0.29, 0.717) is 0 Å². The summed E-state index contributed by atoms with van der Waals surface area (Å²) >= 11 is 0. The molecule has 0 spiro atoms. The van der Waals surface area contributed by atoms with Crippen molar-refractivity contribution in [2.75, 3.05) is 0 Å². The Morgan fingerprint density at radius 1 is 1.33 bits per heavy atom. The van der Waals surface area contributed by atoms with Crippen LogP contribution in [0, 0.1) is 6.92 Å². The Labute approximate surface area is 73.9 Å². The summed E-state index contributed by atoms with van der Waals surface area (Å²) < 4.78 is 0. The Morgan fingerprint density at radius 3 is 2.42 bits per heavy atom. The van der Waals surface area contributed by atoms with Crippen LogP contribution in [0.1, 0.15) is 24.5 Å². The second kappa shape index (κ2) is 3.96. The van der Waals surface area contributed by atoms with Crippen molar-refractivity contribution in [3.05, 3.63) is 41.5 Å². The highest BCUT2D eigenvalue weighted by Gasteiger charge is 1.93. The van der Waals surface area contributed by atoms with Crippen LogP contribution in [0.3, 0.4) is 0 Å². The van der Waals surface area contributed by atoms with E-state index in [9.17, 15) is 0 Å². The Hall–Kier alpha value is -1.24. The van der Waals surface area contributed by atoms with Crippen molar-refractivity contribution in [3.63, 3.8) is 0 Å². The molecule has 12 heavy (non-hydrogen) atoms. The average Bonchev–Trinajstić information content (AvgIpc) is 2.06. The molecule has 0 unspecified atom stereocenters. The first-order chi connectivity index (χ1) is 5.74. The highest BCUT2D eigenvalue weighted by Crippen LogP contribution is 2.10. The fraction of sp³-hybridized carbons (Fsp3) is 0.273. The van der Waals surface area contributed by atoms with Gasteiger partial charge in [-0.3, -0.25) is 0 Å². The molecule has 0 radical (unpaired) electrons. The molecule has 0 aliphatic carbocycles. The number of hydrogen-bond donors (Lipinski definition) is 1. The average molecular weight is 161 g/mol. The lowest BCUT2D eigenvalue weighted by molar-refractivity contribution is 1.22. The van der Waals surface area contributed by atoms with Crippen molar-refractivity contribution in [2.45, 2.75) is 20.3 Å². The minimum Gasteiger partial charge on any atom is -0.399 e. The van der Waals surface area contributed by atoms with Crippen LogP contribution in [0.25, 0.3) is 5.70 Å². The lowest BCUT2D eigenvalue weighted by Crippen LogP contribution is -1.95. The van der Waals surface area contributed by atoms with Gasteiger partial charge in [0.1, 0.15) is 0 Å². The molecule has 0 saturated carbocycles. The predicted molar refractivity (Wildman–Crippen MR) is 53.6 cm³/mol.